The van der Waals surface area contributed by atoms with Gasteiger partial charge in [0.15, 0.2) is 0 Å². The first-order valence-corrected chi connectivity index (χ1v) is 7.37. The maximum absolute atomic E-state index is 12.1. The lowest BCUT2D eigenvalue weighted by Gasteiger charge is -2.22. The number of hydrogen-bond donors (Lipinski definition) is 2. The Bertz CT molecular complexity index is 531. The number of aliphatic carboxylic acids is 1. The Morgan fingerprint density at radius 1 is 1.09 bits per heavy atom. The Balaban J connectivity index is 2.45. The molecule has 1 aromatic carbocycles. The number of carbonyl (C=O) groups is 3. The van der Waals surface area contributed by atoms with Crippen LogP contribution >= 0.6 is 0 Å². The van der Waals surface area contributed by atoms with Crippen LogP contribution in [-0.2, 0) is 9.59 Å². The molecular formula is C16H23N3O4. The molecule has 7 nitrogen and oxygen atoms in total. The molecule has 126 valence electrons. The minimum atomic E-state index is -1.05. The highest BCUT2D eigenvalue weighted by Crippen LogP contribution is 1.99. The summed E-state index contributed by atoms with van der Waals surface area (Å²) in [5, 5.41) is 11.5. The van der Waals surface area contributed by atoms with Gasteiger partial charge < -0.3 is 20.2 Å². The van der Waals surface area contributed by atoms with E-state index in [2.05, 4.69) is 5.32 Å². The highest BCUT2D eigenvalue weighted by atomic mass is 16.4. The van der Waals surface area contributed by atoms with E-state index < -0.39 is 5.97 Å². The number of nitrogens with zero attached hydrogens (tertiary/aromatic N) is 2. The molecule has 0 atom stereocenters. The second kappa shape index (κ2) is 9.58. The van der Waals surface area contributed by atoms with Crippen LogP contribution in [0.25, 0.3) is 0 Å². The zero-order valence-corrected chi connectivity index (χ0v) is 13.5. The minimum Gasteiger partial charge on any atom is -0.480 e. The molecule has 0 aliphatic heterocycles. The second-order valence-electron chi connectivity index (χ2n) is 5.38. The molecule has 0 radical (unpaired) electrons. The Morgan fingerprint density at radius 2 is 1.74 bits per heavy atom. The average molecular weight is 321 g/mol. The summed E-state index contributed by atoms with van der Waals surface area (Å²) in [6.07, 6.45) is 0.0687. The number of rotatable bonds is 9. The van der Waals surface area contributed by atoms with Crippen molar-refractivity contribution in [2.45, 2.75) is 6.42 Å². The number of likely N-dealkylation sites (N-methyl/N-ethyl adjacent to an activating group) is 1. The summed E-state index contributed by atoms with van der Waals surface area (Å²) in [5.41, 5.74) is 0.523. The van der Waals surface area contributed by atoms with Crippen molar-refractivity contribution in [2.75, 3.05) is 40.3 Å². The number of carbonyl (C=O) groups excluding carboxylic acids is 2. The summed E-state index contributed by atoms with van der Waals surface area (Å²) in [4.78, 5) is 38.0. The molecule has 0 heterocycles. The van der Waals surface area contributed by atoms with E-state index >= 15 is 0 Å². The maximum atomic E-state index is 12.1. The molecule has 2 amide bonds. The monoisotopic (exact) mass is 321 g/mol. The summed E-state index contributed by atoms with van der Waals surface area (Å²) >= 11 is 0. The number of nitrogens with one attached hydrogen (secondary N) is 1. The van der Waals surface area contributed by atoms with Crippen LogP contribution in [0.15, 0.2) is 30.3 Å². The largest absolute Gasteiger partial charge is 0.480 e. The van der Waals surface area contributed by atoms with Crippen molar-refractivity contribution in [3.63, 3.8) is 0 Å². The summed E-state index contributed by atoms with van der Waals surface area (Å²) in [5.74, 6) is -1.59. The topological polar surface area (TPSA) is 89.9 Å². The lowest BCUT2D eigenvalue weighted by Crippen LogP contribution is -2.41. The van der Waals surface area contributed by atoms with E-state index in [0.717, 1.165) is 0 Å². The van der Waals surface area contributed by atoms with Crippen molar-refractivity contribution in [3.8, 4) is 0 Å². The Kier molecular flexibility index (Phi) is 7.76. The number of carboxylic acids is 1. The van der Waals surface area contributed by atoms with Gasteiger partial charge in [0.05, 0.1) is 0 Å². The Morgan fingerprint density at radius 3 is 2.30 bits per heavy atom. The molecule has 0 saturated heterocycles. The lowest BCUT2D eigenvalue weighted by atomic mass is 10.2. The molecule has 0 aromatic heterocycles. The SMILES string of the molecule is CN(C)CCN(CC(=O)O)C(=O)CCNC(=O)c1ccccc1. The van der Waals surface area contributed by atoms with E-state index in [4.69, 9.17) is 5.11 Å². The molecular weight excluding hydrogens is 298 g/mol. The summed E-state index contributed by atoms with van der Waals surface area (Å²) < 4.78 is 0. The third kappa shape index (κ3) is 7.42. The third-order valence-corrected chi connectivity index (χ3v) is 3.16. The van der Waals surface area contributed by atoms with Gasteiger partial charge in [0.25, 0.3) is 5.91 Å². The highest BCUT2D eigenvalue weighted by molar-refractivity contribution is 5.94. The molecule has 0 aliphatic rings. The molecule has 0 fully saturated rings. The number of amides is 2. The van der Waals surface area contributed by atoms with E-state index in [1.54, 1.807) is 24.3 Å². The molecule has 1 aromatic rings. The van der Waals surface area contributed by atoms with Crippen molar-refractivity contribution in [2.24, 2.45) is 0 Å². The molecule has 0 saturated carbocycles. The van der Waals surface area contributed by atoms with Gasteiger partial charge >= 0.3 is 5.97 Å². The lowest BCUT2D eigenvalue weighted by molar-refractivity contribution is -0.144. The van der Waals surface area contributed by atoms with Crippen molar-refractivity contribution in [1.29, 1.82) is 0 Å². The molecule has 1 rings (SSSR count). The van der Waals surface area contributed by atoms with Crippen LogP contribution in [0.2, 0.25) is 0 Å². The van der Waals surface area contributed by atoms with Crippen LogP contribution < -0.4 is 5.32 Å². The van der Waals surface area contributed by atoms with E-state index in [9.17, 15) is 14.4 Å². The van der Waals surface area contributed by atoms with Crippen LogP contribution in [-0.4, -0.2) is 73.0 Å². The molecule has 2 N–H and O–H groups in total. The van der Waals surface area contributed by atoms with Gasteiger partial charge in [-0.2, -0.15) is 0 Å². The molecule has 0 bridgehead atoms. The van der Waals surface area contributed by atoms with Crippen molar-refractivity contribution >= 4 is 17.8 Å². The van der Waals surface area contributed by atoms with Crippen molar-refractivity contribution in [3.05, 3.63) is 35.9 Å². The maximum Gasteiger partial charge on any atom is 0.323 e. The van der Waals surface area contributed by atoms with Crippen molar-refractivity contribution < 1.29 is 19.5 Å². The zero-order chi connectivity index (χ0) is 17.2. The summed E-state index contributed by atoms with van der Waals surface area (Å²) in [6, 6.07) is 8.70. The predicted octanol–water partition coefficient (Wildman–Crippen LogP) is 0.281. The first kappa shape index (κ1) is 18.6. The number of carboxylic acid groups (broad SMARTS) is 1. The predicted molar refractivity (Wildman–Crippen MR) is 86.2 cm³/mol. The molecule has 0 aliphatic carbocycles. The average Bonchev–Trinajstić information content (AvgIpc) is 2.51. The van der Waals surface area contributed by atoms with Gasteiger partial charge in [-0.1, -0.05) is 18.2 Å². The van der Waals surface area contributed by atoms with E-state index in [1.165, 1.54) is 4.90 Å². The fourth-order valence-corrected chi connectivity index (χ4v) is 1.91. The van der Waals surface area contributed by atoms with Gasteiger partial charge in [0, 0.05) is 31.6 Å². The molecule has 7 heteroatoms. The minimum absolute atomic E-state index is 0.0687. The van der Waals surface area contributed by atoms with Gasteiger partial charge in [-0.05, 0) is 26.2 Å². The fraction of sp³-hybridized carbons (Fsp3) is 0.438. The molecule has 23 heavy (non-hydrogen) atoms. The van der Waals surface area contributed by atoms with Gasteiger partial charge in [-0.25, -0.2) is 0 Å². The summed E-state index contributed by atoms with van der Waals surface area (Å²) in [7, 11) is 3.70. The summed E-state index contributed by atoms with van der Waals surface area (Å²) in [6.45, 7) is 0.754. The zero-order valence-electron chi connectivity index (χ0n) is 13.5. The van der Waals surface area contributed by atoms with Crippen LogP contribution in [0.4, 0.5) is 0 Å². The van der Waals surface area contributed by atoms with E-state index in [-0.39, 0.29) is 31.3 Å². The molecule has 0 spiro atoms. The number of benzene rings is 1. The smallest absolute Gasteiger partial charge is 0.323 e. The highest BCUT2D eigenvalue weighted by Gasteiger charge is 2.17. The quantitative estimate of drug-likeness (QED) is 0.682. The third-order valence-electron chi connectivity index (χ3n) is 3.16. The second-order valence-corrected chi connectivity index (χ2v) is 5.38. The first-order chi connectivity index (χ1) is 10.9. The van der Waals surface area contributed by atoms with Gasteiger partial charge in [0.1, 0.15) is 6.54 Å². The van der Waals surface area contributed by atoms with Gasteiger partial charge in [-0.3, -0.25) is 14.4 Å². The standard InChI is InChI=1S/C16H23N3O4/c1-18(2)10-11-19(12-15(21)22)14(20)8-9-17-16(23)13-6-4-3-5-7-13/h3-7H,8-12H2,1-2H3,(H,17,23)(H,21,22). The van der Waals surface area contributed by atoms with Crippen molar-refractivity contribution in [1.82, 2.24) is 15.1 Å². The van der Waals surface area contributed by atoms with Crippen LogP contribution in [0.3, 0.4) is 0 Å². The van der Waals surface area contributed by atoms with E-state index in [1.807, 2.05) is 25.1 Å². The Labute approximate surface area is 135 Å². The normalized spacial score (nSPS) is 10.4. The van der Waals surface area contributed by atoms with E-state index in [0.29, 0.717) is 18.7 Å². The van der Waals surface area contributed by atoms with Crippen LogP contribution in [0.1, 0.15) is 16.8 Å². The van der Waals surface area contributed by atoms with Crippen LogP contribution in [0.5, 0.6) is 0 Å². The Hall–Kier alpha value is -2.41. The van der Waals surface area contributed by atoms with Gasteiger partial charge in [0.2, 0.25) is 5.91 Å². The number of hydrogen-bond acceptors (Lipinski definition) is 4. The van der Waals surface area contributed by atoms with Gasteiger partial charge in [-0.15, -0.1) is 0 Å². The first-order valence-electron chi connectivity index (χ1n) is 7.37. The van der Waals surface area contributed by atoms with Crippen LogP contribution in [0, 0.1) is 0 Å². The molecule has 0 unspecified atom stereocenters. The fourth-order valence-electron chi connectivity index (χ4n) is 1.91.